The molecule has 0 atom stereocenters. The van der Waals surface area contributed by atoms with Gasteiger partial charge in [-0.15, -0.1) is 0 Å². The lowest BCUT2D eigenvalue weighted by molar-refractivity contribution is 1.13. The Morgan fingerprint density at radius 1 is 0.266 bits per heavy atom. The first kappa shape index (κ1) is 36.5. The van der Waals surface area contributed by atoms with Crippen molar-refractivity contribution in [2.24, 2.45) is 0 Å². The van der Waals surface area contributed by atoms with Crippen molar-refractivity contribution in [2.75, 3.05) is 0 Å². The van der Waals surface area contributed by atoms with Gasteiger partial charge in [0.1, 0.15) is 0 Å². The van der Waals surface area contributed by atoms with E-state index in [1.807, 2.05) is 0 Å². The highest BCUT2D eigenvalue weighted by atomic mass is 28.3. The fourth-order valence-corrected chi connectivity index (χ4v) is 16.0. The molecule has 3 aromatic heterocycles. The number of benzene rings is 10. The minimum atomic E-state index is -3.12. The lowest BCUT2D eigenvalue weighted by atomic mass is 10.1. The Kier molecular flexibility index (Phi) is 8.23. The molecule has 0 unspecified atom stereocenters. The normalized spacial score (nSPS) is 12.1. The monoisotopic (exact) mass is 831 g/mol. The molecule has 0 aliphatic carbocycles. The van der Waals surface area contributed by atoms with E-state index in [2.05, 4.69) is 262 Å². The topological polar surface area (TPSA) is 14.8 Å². The highest BCUT2D eigenvalue weighted by Crippen LogP contribution is 2.41. The predicted octanol–water partition coefficient (Wildman–Crippen LogP) is 12.4. The second kappa shape index (κ2) is 14.5. The van der Waals surface area contributed by atoms with Gasteiger partial charge >= 0.3 is 0 Å². The quantitative estimate of drug-likeness (QED) is 0.112. The van der Waals surface area contributed by atoms with Gasteiger partial charge < -0.3 is 13.7 Å². The van der Waals surface area contributed by atoms with Gasteiger partial charge in [0.05, 0.1) is 38.8 Å². The van der Waals surface area contributed by atoms with Gasteiger partial charge in [-0.25, -0.2) is 0 Å². The number of rotatable bonds is 7. The Balaban J connectivity index is 1.28. The molecule has 0 aliphatic heterocycles. The molecular formula is C60H41N3Si. The lowest BCUT2D eigenvalue weighted by Gasteiger charge is -2.35. The molecular weight excluding hydrogens is 791 g/mol. The van der Waals surface area contributed by atoms with E-state index in [1.54, 1.807) is 0 Å². The van der Waals surface area contributed by atoms with E-state index in [1.165, 1.54) is 86.2 Å². The van der Waals surface area contributed by atoms with Crippen LogP contribution in [0.5, 0.6) is 0 Å². The van der Waals surface area contributed by atoms with Crippen molar-refractivity contribution in [1.29, 1.82) is 0 Å². The summed E-state index contributed by atoms with van der Waals surface area (Å²) in [6.45, 7) is 0. The molecule has 3 nitrogen and oxygen atoms in total. The molecule has 64 heavy (non-hydrogen) atoms. The van der Waals surface area contributed by atoms with E-state index in [0.29, 0.717) is 0 Å². The zero-order valence-electron chi connectivity index (χ0n) is 35.0. The van der Waals surface area contributed by atoms with Crippen LogP contribution in [0.2, 0.25) is 0 Å². The smallest absolute Gasteiger partial charge is 0.180 e. The summed E-state index contributed by atoms with van der Waals surface area (Å²) in [4.78, 5) is 0. The second-order valence-corrected chi connectivity index (χ2v) is 20.6. The SMILES string of the molecule is c1ccc(-n2c3ccccc3c3cccc(-n4c5ccccc5c5c([Si](c6ccccc6)(c6ccccc6)c6ccccc6)cc(-n6c7ccccc7c7ccccc76)cc54)c32)cc1. The summed E-state index contributed by atoms with van der Waals surface area (Å²) in [5, 5.41) is 12.9. The third kappa shape index (κ3) is 5.21. The Morgan fingerprint density at radius 2 is 0.672 bits per heavy atom. The first-order valence-electron chi connectivity index (χ1n) is 22.1. The van der Waals surface area contributed by atoms with E-state index in [4.69, 9.17) is 0 Å². The molecule has 0 bridgehead atoms. The minimum Gasteiger partial charge on any atom is -0.309 e. The van der Waals surface area contributed by atoms with Crippen molar-refractivity contribution in [3.8, 4) is 17.1 Å². The molecule has 3 heterocycles. The van der Waals surface area contributed by atoms with Crippen molar-refractivity contribution in [3.05, 3.63) is 249 Å². The van der Waals surface area contributed by atoms with Crippen LogP contribution in [0.1, 0.15) is 0 Å². The van der Waals surface area contributed by atoms with Gasteiger partial charge in [-0.1, -0.05) is 194 Å². The maximum atomic E-state index is 2.58. The largest absolute Gasteiger partial charge is 0.309 e. The number of para-hydroxylation sites is 6. The molecule has 13 rings (SSSR count). The van der Waals surface area contributed by atoms with Crippen LogP contribution in [0.25, 0.3) is 82.5 Å². The van der Waals surface area contributed by atoms with E-state index in [-0.39, 0.29) is 0 Å². The predicted molar refractivity (Wildman–Crippen MR) is 273 cm³/mol. The fourth-order valence-electron chi connectivity index (χ4n) is 11.0. The first-order chi connectivity index (χ1) is 31.8. The molecule has 10 aromatic carbocycles. The fraction of sp³-hybridized carbons (Fsp3) is 0. The highest BCUT2D eigenvalue weighted by molar-refractivity contribution is 7.20. The van der Waals surface area contributed by atoms with Crippen LogP contribution in [0, 0.1) is 0 Å². The van der Waals surface area contributed by atoms with Gasteiger partial charge in [0, 0.05) is 43.7 Å². The van der Waals surface area contributed by atoms with Gasteiger partial charge in [0.25, 0.3) is 0 Å². The van der Waals surface area contributed by atoms with Crippen LogP contribution >= 0.6 is 0 Å². The van der Waals surface area contributed by atoms with Crippen LogP contribution < -0.4 is 20.7 Å². The van der Waals surface area contributed by atoms with Crippen molar-refractivity contribution in [3.63, 3.8) is 0 Å². The van der Waals surface area contributed by atoms with Crippen LogP contribution in [0.3, 0.4) is 0 Å². The van der Waals surface area contributed by atoms with Gasteiger partial charge in [-0.2, -0.15) is 0 Å². The summed E-state index contributed by atoms with van der Waals surface area (Å²) in [6.07, 6.45) is 0. The standard InChI is InChI=1S/C60H41N3Si/c1-5-22-42(23-6-1)62-54-37-19-15-32-49(54)50-34-21-39-56(60(50)62)63-55-38-20-16-33-51(55)59-57(63)40-43(61-52-35-17-13-30-47(52)48-31-14-18-36-53(48)61)41-58(59)64(44-24-7-2-8-25-44,45-26-9-3-10-27-45)46-28-11-4-12-29-46/h1-41H. The molecule has 0 radical (unpaired) electrons. The zero-order valence-corrected chi connectivity index (χ0v) is 36.0. The highest BCUT2D eigenvalue weighted by Gasteiger charge is 2.44. The van der Waals surface area contributed by atoms with Crippen molar-refractivity contribution in [2.45, 2.75) is 0 Å². The third-order valence-corrected chi connectivity index (χ3v) is 18.3. The third-order valence-electron chi connectivity index (χ3n) is 13.5. The number of fused-ring (bicyclic) bond motifs is 9. The van der Waals surface area contributed by atoms with E-state index < -0.39 is 8.07 Å². The number of aromatic nitrogens is 3. The van der Waals surface area contributed by atoms with Gasteiger partial charge in [-0.05, 0) is 75.3 Å². The second-order valence-electron chi connectivity index (χ2n) is 16.8. The molecule has 300 valence electrons. The van der Waals surface area contributed by atoms with Gasteiger partial charge in [-0.3, -0.25) is 0 Å². The van der Waals surface area contributed by atoms with Gasteiger partial charge in [0.2, 0.25) is 0 Å². The maximum absolute atomic E-state index is 3.12. The molecule has 0 saturated heterocycles. The minimum absolute atomic E-state index is 1.14. The zero-order chi connectivity index (χ0) is 42.2. The lowest BCUT2D eigenvalue weighted by Crippen LogP contribution is -2.74. The van der Waals surface area contributed by atoms with Gasteiger partial charge in [0.15, 0.2) is 8.07 Å². The Hall–Kier alpha value is -8.18. The summed E-state index contributed by atoms with van der Waals surface area (Å²) in [5.41, 5.74) is 10.5. The first-order valence-corrected chi connectivity index (χ1v) is 24.1. The number of hydrogen-bond acceptors (Lipinski definition) is 0. The molecule has 4 heteroatoms. The summed E-state index contributed by atoms with van der Waals surface area (Å²) >= 11 is 0. The Bertz CT molecular complexity index is 3730. The van der Waals surface area contributed by atoms with Crippen molar-refractivity contribution < 1.29 is 0 Å². The molecule has 0 N–H and O–H groups in total. The van der Waals surface area contributed by atoms with E-state index >= 15 is 0 Å². The molecule has 13 aromatic rings. The van der Waals surface area contributed by atoms with Crippen LogP contribution in [0.4, 0.5) is 0 Å². The van der Waals surface area contributed by atoms with Crippen molar-refractivity contribution in [1.82, 2.24) is 13.7 Å². The summed E-state index contributed by atoms with van der Waals surface area (Å²) in [6, 6.07) is 92.6. The molecule has 0 spiro atoms. The van der Waals surface area contributed by atoms with E-state index in [0.717, 1.165) is 17.1 Å². The summed E-state index contributed by atoms with van der Waals surface area (Å²) in [5.74, 6) is 0. The summed E-state index contributed by atoms with van der Waals surface area (Å²) < 4.78 is 7.55. The van der Waals surface area contributed by atoms with Crippen LogP contribution in [0.15, 0.2) is 249 Å². The van der Waals surface area contributed by atoms with E-state index in [9.17, 15) is 0 Å². The molecule has 0 amide bonds. The van der Waals surface area contributed by atoms with Crippen LogP contribution in [-0.2, 0) is 0 Å². The molecule has 0 aliphatic rings. The Morgan fingerprint density at radius 3 is 1.20 bits per heavy atom. The summed E-state index contributed by atoms with van der Waals surface area (Å²) in [7, 11) is -3.12. The Labute approximate surface area is 372 Å². The maximum Gasteiger partial charge on any atom is 0.180 e. The number of hydrogen-bond donors (Lipinski definition) is 0. The van der Waals surface area contributed by atoms with Crippen LogP contribution in [-0.4, -0.2) is 21.8 Å². The van der Waals surface area contributed by atoms with Crippen molar-refractivity contribution >= 4 is 94.2 Å². The number of nitrogens with zero attached hydrogens (tertiary/aromatic N) is 3. The molecule has 0 saturated carbocycles. The molecule has 0 fully saturated rings. The average molecular weight is 832 g/mol. The average Bonchev–Trinajstić information content (AvgIpc) is 4.01.